The highest BCUT2D eigenvalue weighted by Gasteiger charge is 2.52. The molecule has 0 unspecified atom stereocenters. The number of hydrogen-bond donors (Lipinski definition) is 1. The summed E-state index contributed by atoms with van der Waals surface area (Å²) >= 11 is 1.22. The van der Waals surface area contributed by atoms with Crippen LogP contribution in [0.5, 0.6) is 0 Å². The van der Waals surface area contributed by atoms with Crippen molar-refractivity contribution < 1.29 is 60.8 Å². The first kappa shape index (κ1) is 32.5. The highest BCUT2D eigenvalue weighted by molar-refractivity contribution is 7.99. The molecule has 0 aromatic heterocycles. The summed E-state index contributed by atoms with van der Waals surface area (Å²) in [5.41, 5.74) is -0.883. The lowest BCUT2D eigenvalue weighted by Crippen LogP contribution is -2.61. The minimum Gasteiger partial charge on any atom is -0.463 e. The fourth-order valence-corrected chi connectivity index (χ4v) is 4.63. The highest BCUT2D eigenvalue weighted by Crippen LogP contribution is 2.34. The second-order valence-corrected chi connectivity index (χ2v) is 9.31. The number of thioether (sulfide) groups is 1. The number of carbonyl (C=O) groups is 5. The molecule has 212 valence electrons. The van der Waals surface area contributed by atoms with Crippen LogP contribution in [0.4, 0.5) is 13.2 Å². The van der Waals surface area contributed by atoms with Gasteiger partial charge in [-0.1, -0.05) is 12.8 Å². The van der Waals surface area contributed by atoms with Crippen molar-refractivity contribution >= 4 is 41.5 Å². The predicted octanol–water partition coefficient (Wildman–Crippen LogP) is 2.04. The molecule has 0 saturated carbocycles. The number of nitrogens with one attached hydrogen (secondary N) is 1. The Morgan fingerprint density at radius 3 is 1.86 bits per heavy atom. The Labute approximate surface area is 216 Å². The average Bonchev–Trinajstić information content (AvgIpc) is 2.76. The fraction of sp³-hybridized carbons (Fsp3) is 0.773. The normalized spacial score (nSPS) is 23.5. The molecule has 1 heterocycles. The van der Waals surface area contributed by atoms with Crippen molar-refractivity contribution in [3.63, 3.8) is 0 Å². The molecule has 5 atom stereocenters. The van der Waals surface area contributed by atoms with Gasteiger partial charge in [0.25, 0.3) is 0 Å². The second kappa shape index (κ2) is 15.6. The maximum Gasteiger partial charge on any atom is 0.471 e. The van der Waals surface area contributed by atoms with Crippen LogP contribution in [0, 0.1) is 0 Å². The quantitative estimate of drug-likeness (QED) is 0.201. The lowest BCUT2D eigenvalue weighted by Gasteiger charge is -2.44. The standard InChI is InChI=1S/C22H32F3NO10S/c1-12(27)32-11-16-17(33-13(2)28)18(34-14(3)29)19(35-15(4)30)20(36-16)37-10-8-6-5-7-9-26-21(31)22(23,24)25/h16-20H,5-11H2,1-4H3,(H,26,31)/t16-,17-,18+,19+,20-/m1/s1. The van der Waals surface area contributed by atoms with Gasteiger partial charge in [0.1, 0.15) is 18.1 Å². The third kappa shape index (κ3) is 12.5. The molecule has 1 N–H and O–H groups in total. The number of halogens is 3. The van der Waals surface area contributed by atoms with Crippen molar-refractivity contribution in [3.8, 4) is 0 Å². The fourth-order valence-electron chi connectivity index (χ4n) is 3.41. The second-order valence-electron chi connectivity index (χ2n) is 8.11. The zero-order valence-electron chi connectivity index (χ0n) is 21.0. The van der Waals surface area contributed by atoms with Crippen molar-refractivity contribution in [1.29, 1.82) is 0 Å². The van der Waals surface area contributed by atoms with E-state index in [2.05, 4.69) is 0 Å². The van der Waals surface area contributed by atoms with Crippen LogP contribution in [0.25, 0.3) is 0 Å². The van der Waals surface area contributed by atoms with Crippen LogP contribution in [0.2, 0.25) is 0 Å². The molecule has 1 aliphatic rings. The molecule has 15 heteroatoms. The largest absolute Gasteiger partial charge is 0.471 e. The third-order valence-corrected chi connectivity index (χ3v) is 6.08. The summed E-state index contributed by atoms with van der Waals surface area (Å²) in [4.78, 5) is 57.5. The van der Waals surface area contributed by atoms with E-state index < -0.39 is 65.8 Å². The first-order chi connectivity index (χ1) is 17.2. The molecule has 37 heavy (non-hydrogen) atoms. The van der Waals surface area contributed by atoms with E-state index in [0.717, 1.165) is 20.8 Å². The van der Waals surface area contributed by atoms with Gasteiger partial charge in [-0.3, -0.25) is 24.0 Å². The van der Waals surface area contributed by atoms with E-state index in [1.807, 2.05) is 0 Å². The summed E-state index contributed by atoms with van der Waals surface area (Å²) in [5, 5.41) is 1.80. The molecule has 1 saturated heterocycles. The summed E-state index contributed by atoms with van der Waals surface area (Å²) in [6.45, 7) is 4.16. The van der Waals surface area contributed by atoms with Gasteiger partial charge in [0.05, 0.1) is 0 Å². The molecule has 1 rings (SSSR count). The molecule has 1 amide bonds. The number of ether oxygens (including phenoxy) is 5. The van der Waals surface area contributed by atoms with Crippen LogP contribution in [0.3, 0.4) is 0 Å². The van der Waals surface area contributed by atoms with Gasteiger partial charge >= 0.3 is 36.0 Å². The summed E-state index contributed by atoms with van der Waals surface area (Å²) in [5.74, 6) is -4.29. The third-order valence-electron chi connectivity index (χ3n) is 4.84. The molecular formula is C22H32F3NO10S. The summed E-state index contributed by atoms with van der Waals surface area (Å²) in [7, 11) is 0. The summed E-state index contributed by atoms with van der Waals surface area (Å²) in [6, 6.07) is 0. The van der Waals surface area contributed by atoms with Gasteiger partial charge in [0, 0.05) is 34.2 Å². The Balaban J connectivity index is 2.82. The molecule has 0 aromatic carbocycles. The van der Waals surface area contributed by atoms with Gasteiger partial charge in [0.15, 0.2) is 18.3 Å². The van der Waals surface area contributed by atoms with Crippen LogP contribution in [0.15, 0.2) is 0 Å². The van der Waals surface area contributed by atoms with Gasteiger partial charge in [0.2, 0.25) is 0 Å². The van der Waals surface area contributed by atoms with Gasteiger partial charge in [-0.2, -0.15) is 13.2 Å². The van der Waals surface area contributed by atoms with E-state index in [-0.39, 0.29) is 13.2 Å². The highest BCUT2D eigenvalue weighted by atomic mass is 32.2. The van der Waals surface area contributed by atoms with Crippen LogP contribution < -0.4 is 5.32 Å². The topological polar surface area (TPSA) is 144 Å². The molecule has 1 fully saturated rings. The SMILES string of the molecule is CC(=O)OC[C@H]1O[C@H](SCCCCCCNC(=O)C(F)(F)F)[C@@H](OC(C)=O)[C@@H](OC(C)=O)[C@@H]1OC(C)=O. The minimum absolute atomic E-state index is 0.106. The molecule has 0 aromatic rings. The summed E-state index contributed by atoms with van der Waals surface area (Å²) in [6.07, 6.45) is -7.43. The maximum atomic E-state index is 12.2. The number of carbonyl (C=O) groups excluding carboxylic acids is 5. The first-order valence-corrected chi connectivity index (χ1v) is 12.5. The van der Waals surface area contributed by atoms with Gasteiger partial charge < -0.3 is 29.0 Å². The molecule has 0 aliphatic carbocycles. The number of amides is 1. The Hall–Kier alpha value is -2.55. The number of rotatable bonds is 13. The van der Waals surface area contributed by atoms with E-state index in [1.54, 1.807) is 5.32 Å². The predicted molar refractivity (Wildman–Crippen MR) is 122 cm³/mol. The lowest BCUT2D eigenvalue weighted by molar-refractivity contribution is -0.237. The number of unbranched alkanes of at least 4 members (excludes halogenated alkanes) is 3. The monoisotopic (exact) mass is 559 g/mol. The van der Waals surface area contributed by atoms with Gasteiger partial charge in [-0.15, -0.1) is 11.8 Å². The molecule has 0 spiro atoms. The van der Waals surface area contributed by atoms with Crippen molar-refractivity contribution in [1.82, 2.24) is 5.32 Å². The van der Waals surface area contributed by atoms with E-state index in [9.17, 15) is 37.1 Å². The van der Waals surface area contributed by atoms with E-state index in [4.69, 9.17) is 23.7 Å². The molecule has 11 nitrogen and oxygen atoms in total. The first-order valence-electron chi connectivity index (χ1n) is 11.5. The summed E-state index contributed by atoms with van der Waals surface area (Å²) < 4.78 is 63.5. The molecule has 0 radical (unpaired) electrons. The van der Waals surface area contributed by atoms with E-state index >= 15 is 0 Å². The molecular weight excluding hydrogens is 527 g/mol. The molecule has 1 aliphatic heterocycles. The van der Waals surface area contributed by atoms with Crippen LogP contribution in [0.1, 0.15) is 53.4 Å². The van der Waals surface area contributed by atoms with Gasteiger partial charge in [-0.25, -0.2) is 0 Å². The Morgan fingerprint density at radius 1 is 0.784 bits per heavy atom. The molecule has 0 bridgehead atoms. The minimum atomic E-state index is -4.92. The number of hydrogen-bond acceptors (Lipinski definition) is 11. The van der Waals surface area contributed by atoms with E-state index in [0.29, 0.717) is 31.4 Å². The Morgan fingerprint density at radius 2 is 1.32 bits per heavy atom. The van der Waals surface area contributed by atoms with Gasteiger partial charge in [-0.05, 0) is 18.6 Å². The zero-order valence-corrected chi connectivity index (χ0v) is 21.8. The van der Waals surface area contributed by atoms with Crippen molar-refractivity contribution in [2.45, 2.75) is 89.4 Å². The van der Waals surface area contributed by atoms with Crippen molar-refractivity contribution in [2.24, 2.45) is 0 Å². The smallest absolute Gasteiger partial charge is 0.463 e. The maximum absolute atomic E-state index is 12.2. The van der Waals surface area contributed by atoms with Crippen molar-refractivity contribution in [3.05, 3.63) is 0 Å². The van der Waals surface area contributed by atoms with Crippen LogP contribution in [-0.4, -0.2) is 84.7 Å². The lowest BCUT2D eigenvalue weighted by atomic mass is 9.99. The van der Waals surface area contributed by atoms with Crippen molar-refractivity contribution in [2.75, 3.05) is 18.9 Å². The number of alkyl halides is 3. The average molecular weight is 560 g/mol. The van der Waals surface area contributed by atoms with E-state index in [1.165, 1.54) is 18.7 Å². The zero-order chi connectivity index (χ0) is 28.2. The Kier molecular flexibility index (Phi) is 13.7. The van der Waals surface area contributed by atoms with Crippen LogP contribution >= 0.6 is 11.8 Å². The Bertz CT molecular complexity index is 810. The van der Waals surface area contributed by atoms with Crippen LogP contribution in [-0.2, 0) is 47.7 Å². The number of esters is 4.